The van der Waals surface area contributed by atoms with Crippen LogP contribution in [-0.4, -0.2) is 70.8 Å². The lowest BCUT2D eigenvalue weighted by Crippen LogP contribution is -2.55. The van der Waals surface area contributed by atoms with Gasteiger partial charge < -0.3 is 30.6 Å². The zero-order chi connectivity index (χ0) is 33.0. The molecule has 2 aromatic carbocycles. The molecule has 4 amide bonds. The molecule has 4 N–H and O–H groups in total. The number of benzene rings is 2. The fourth-order valence-electron chi connectivity index (χ4n) is 6.40. The van der Waals surface area contributed by atoms with Crippen LogP contribution < -0.4 is 20.7 Å². The van der Waals surface area contributed by atoms with E-state index in [1.54, 1.807) is 0 Å². The number of rotatable bonds is 7. The average molecular weight is 638 g/mol. The Morgan fingerprint density at radius 1 is 1.04 bits per heavy atom. The number of aromatic nitrogens is 1. The minimum atomic E-state index is -2.98. The van der Waals surface area contributed by atoms with Crippen LogP contribution in [0.5, 0.6) is 5.75 Å². The number of carbonyl (C=O) groups excluding carboxylic acids is 4. The Bertz CT molecular complexity index is 1560. The summed E-state index contributed by atoms with van der Waals surface area (Å²) in [5.41, 5.74) is 1.98. The number of hydrogen-bond acceptors (Lipinski definition) is 5. The highest BCUT2D eigenvalue weighted by Gasteiger charge is 2.43. The SMILES string of the molecule is CC(C)[C@@H]1CC[C@@H](C)CC(=O)N[C@H](Cc2c[nH]c3ccccc23)C(=O)N2C[C@H](NC(=O)c3ccc(OC(F)F)cc3)C[C@H]2C(=O)N1. The first-order valence-corrected chi connectivity index (χ1v) is 15.8. The molecule has 0 spiro atoms. The van der Waals surface area contributed by atoms with Crippen LogP contribution in [0.15, 0.2) is 54.7 Å². The van der Waals surface area contributed by atoms with Gasteiger partial charge in [-0.2, -0.15) is 8.78 Å². The Kier molecular flexibility index (Phi) is 10.2. The van der Waals surface area contributed by atoms with E-state index in [4.69, 9.17) is 0 Å². The Morgan fingerprint density at radius 2 is 1.78 bits per heavy atom. The van der Waals surface area contributed by atoms with E-state index in [9.17, 15) is 28.0 Å². The average Bonchev–Trinajstić information content (AvgIpc) is 3.62. The number of para-hydroxylation sites is 1. The van der Waals surface area contributed by atoms with Crippen LogP contribution in [0.4, 0.5) is 8.78 Å². The van der Waals surface area contributed by atoms with Crippen molar-refractivity contribution in [3.05, 3.63) is 65.9 Å². The van der Waals surface area contributed by atoms with E-state index in [0.29, 0.717) is 6.42 Å². The zero-order valence-corrected chi connectivity index (χ0v) is 26.2. The Balaban J connectivity index is 1.42. The number of aromatic amines is 1. The third-order valence-electron chi connectivity index (χ3n) is 8.93. The molecule has 46 heavy (non-hydrogen) atoms. The lowest BCUT2D eigenvalue weighted by atomic mass is 9.92. The summed E-state index contributed by atoms with van der Waals surface area (Å²) in [5.74, 6) is -1.31. The number of alkyl halides is 2. The number of fused-ring (bicyclic) bond motifs is 2. The van der Waals surface area contributed by atoms with Crippen molar-refractivity contribution in [2.75, 3.05) is 6.54 Å². The first kappa shape index (κ1) is 32.9. The second kappa shape index (κ2) is 14.3. The van der Waals surface area contributed by atoms with E-state index in [1.165, 1.54) is 29.2 Å². The summed E-state index contributed by atoms with van der Waals surface area (Å²) in [5, 5.41) is 9.97. The molecule has 10 nitrogen and oxygen atoms in total. The maximum Gasteiger partial charge on any atom is 0.387 e. The first-order chi connectivity index (χ1) is 22.0. The van der Waals surface area contributed by atoms with Crippen LogP contribution in [0.2, 0.25) is 0 Å². The number of halogens is 2. The summed E-state index contributed by atoms with van der Waals surface area (Å²) >= 11 is 0. The van der Waals surface area contributed by atoms with Crippen molar-refractivity contribution >= 4 is 34.5 Å². The van der Waals surface area contributed by atoms with Gasteiger partial charge in [-0.15, -0.1) is 0 Å². The minimum absolute atomic E-state index is 0.0538. The summed E-state index contributed by atoms with van der Waals surface area (Å²) in [6.07, 6.45) is 3.88. The molecule has 246 valence electrons. The normalized spacial score (nSPS) is 24.5. The zero-order valence-electron chi connectivity index (χ0n) is 26.2. The van der Waals surface area contributed by atoms with Crippen molar-refractivity contribution in [3.63, 3.8) is 0 Å². The number of H-pyrrole nitrogens is 1. The smallest absolute Gasteiger partial charge is 0.387 e. The van der Waals surface area contributed by atoms with Gasteiger partial charge in [0.15, 0.2) is 0 Å². The number of ether oxygens (including phenoxy) is 1. The molecule has 12 heteroatoms. The Morgan fingerprint density at radius 3 is 2.50 bits per heavy atom. The maximum absolute atomic E-state index is 14.3. The van der Waals surface area contributed by atoms with Crippen molar-refractivity contribution in [2.24, 2.45) is 11.8 Å². The molecule has 0 radical (unpaired) electrons. The van der Waals surface area contributed by atoms with Crippen LogP contribution in [0.25, 0.3) is 10.9 Å². The van der Waals surface area contributed by atoms with Crippen molar-refractivity contribution < 1.29 is 32.7 Å². The second-order valence-electron chi connectivity index (χ2n) is 12.7. The fraction of sp³-hybridized carbons (Fsp3) is 0.471. The van der Waals surface area contributed by atoms with Crippen LogP contribution in [0, 0.1) is 11.8 Å². The van der Waals surface area contributed by atoms with Gasteiger partial charge in [0, 0.05) is 54.1 Å². The highest BCUT2D eigenvalue weighted by molar-refractivity contribution is 5.96. The quantitative estimate of drug-likeness (QED) is 0.309. The lowest BCUT2D eigenvalue weighted by molar-refractivity contribution is -0.141. The molecule has 2 aliphatic heterocycles. The molecule has 2 fully saturated rings. The van der Waals surface area contributed by atoms with E-state index < -0.39 is 36.6 Å². The van der Waals surface area contributed by atoms with Crippen molar-refractivity contribution in [3.8, 4) is 5.75 Å². The highest BCUT2D eigenvalue weighted by atomic mass is 19.3. The number of hydrogen-bond donors (Lipinski definition) is 4. The van der Waals surface area contributed by atoms with E-state index in [-0.39, 0.29) is 66.8 Å². The van der Waals surface area contributed by atoms with Crippen LogP contribution in [0.1, 0.15) is 62.4 Å². The molecule has 0 bridgehead atoms. The lowest BCUT2D eigenvalue weighted by Gasteiger charge is -2.30. The summed E-state index contributed by atoms with van der Waals surface area (Å²) in [4.78, 5) is 59.3. The molecule has 5 atom stereocenters. The summed E-state index contributed by atoms with van der Waals surface area (Å²) in [7, 11) is 0. The van der Waals surface area contributed by atoms with Crippen molar-refractivity contribution in [2.45, 2.75) is 83.7 Å². The molecule has 2 aliphatic rings. The van der Waals surface area contributed by atoms with Crippen molar-refractivity contribution in [1.29, 1.82) is 0 Å². The summed E-state index contributed by atoms with van der Waals surface area (Å²) in [6.45, 7) is 3.12. The fourth-order valence-corrected chi connectivity index (χ4v) is 6.40. The van der Waals surface area contributed by atoms with E-state index in [0.717, 1.165) is 22.9 Å². The van der Waals surface area contributed by atoms with Gasteiger partial charge in [0.05, 0.1) is 0 Å². The predicted octanol–water partition coefficient (Wildman–Crippen LogP) is 4.16. The first-order valence-electron chi connectivity index (χ1n) is 15.8. The number of amides is 4. The van der Waals surface area contributed by atoms with E-state index in [2.05, 4.69) is 25.7 Å². The molecule has 5 rings (SSSR count). The summed E-state index contributed by atoms with van der Waals surface area (Å²) in [6, 6.07) is 10.5. The highest BCUT2D eigenvalue weighted by Crippen LogP contribution is 2.26. The molecule has 0 aliphatic carbocycles. The van der Waals surface area contributed by atoms with Gasteiger partial charge in [-0.25, -0.2) is 0 Å². The van der Waals surface area contributed by atoms with Gasteiger partial charge in [0.25, 0.3) is 5.91 Å². The largest absolute Gasteiger partial charge is 0.435 e. The van der Waals surface area contributed by atoms with Crippen LogP contribution >= 0.6 is 0 Å². The molecule has 0 unspecified atom stereocenters. The Labute approximate surface area is 266 Å². The maximum atomic E-state index is 14.3. The molecule has 2 saturated heterocycles. The molecular formula is C34H41F2N5O5. The third-order valence-corrected chi connectivity index (χ3v) is 8.93. The van der Waals surface area contributed by atoms with E-state index in [1.807, 2.05) is 51.2 Å². The molecule has 3 heterocycles. The predicted molar refractivity (Wildman–Crippen MR) is 168 cm³/mol. The molecule has 0 saturated carbocycles. The number of nitrogens with one attached hydrogen (secondary N) is 4. The number of carbonyl (C=O) groups is 4. The van der Waals surface area contributed by atoms with Gasteiger partial charge in [0.1, 0.15) is 17.8 Å². The molecule has 1 aromatic heterocycles. The number of nitrogens with zero attached hydrogens (tertiary/aromatic N) is 1. The molecular weight excluding hydrogens is 596 g/mol. The van der Waals surface area contributed by atoms with Gasteiger partial charge >= 0.3 is 6.61 Å². The Hall–Kier alpha value is -4.48. The minimum Gasteiger partial charge on any atom is -0.435 e. The van der Waals surface area contributed by atoms with Gasteiger partial charge in [-0.1, -0.05) is 39.0 Å². The second-order valence-corrected chi connectivity index (χ2v) is 12.7. The van der Waals surface area contributed by atoms with Crippen LogP contribution in [-0.2, 0) is 20.8 Å². The summed E-state index contributed by atoms with van der Waals surface area (Å²) < 4.78 is 29.5. The van der Waals surface area contributed by atoms with Gasteiger partial charge in [-0.3, -0.25) is 19.2 Å². The monoisotopic (exact) mass is 637 g/mol. The van der Waals surface area contributed by atoms with E-state index >= 15 is 0 Å². The van der Waals surface area contributed by atoms with Gasteiger partial charge in [0.2, 0.25) is 17.7 Å². The standard InChI is InChI=1S/C34H41F2N5O5/c1-19(2)26-13-8-20(3)14-30(42)39-28(15-22-17-37-27-7-5-4-6-25(22)27)33(45)41-18-23(16-29(41)32(44)40-26)38-31(43)21-9-11-24(12-10-21)46-34(35)36/h4-7,9-12,17,19-20,23,26,28-29,34,37H,8,13-16,18H2,1-3H3,(H,38,43)(H,39,42)(H,40,44)/t20-,23-,26+,28-,29+/m1/s1. The van der Waals surface area contributed by atoms with Crippen molar-refractivity contribution in [1.82, 2.24) is 25.8 Å². The molecule has 3 aromatic rings. The topological polar surface area (TPSA) is 133 Å². The van der Waals surface area contributed by atoms with Gasteiger partial charge in [-0.05, 0) is 67.0 Å². The third kappa shape index (κ3) is 7.83. The van der Waals surface area contributed by atoms with Crippen LogP contribution in [0.3, 0.4) is 0 Å².